The number of H-pyrrole nitrogens is 1. The second-order valence-corrected chi connectivity index (χ2v) is 5.97. The van der Waals surface area contributed by atoms with E-state index < -0.39 is 17.4 Å². The van der Waals surface area contributed by atoms with Gasteiger partial charge >= 0.3 is 6.18 Å². The van der Waals surface area contributed by atoms with Crippen molar-refractivity contribution in [3.05, 3.63) is 58.3 Å². The molecule has 0 radical (unpaired) electrons. The number of nitrogens with one attached hydrogen (secondary N) is 1. The molecule has 0 aliphatic carbocycles. The summed E-state index contributed by atoms with van der Waals surface area (Å²) in [6, 6.07) is 9.89. The summed E-state index contributed by atoms with van der Waals surface area (Å²) in [7, 11) is 0. The molecular weight excluding hydrogens is 335 g/mol. The van der Waals surface area contributed by atoms with Crippen LogP contribution in [0.15, 0.2) is 41.2 Å². The standard InChI is InChI=1S/C17H18F3N3O2/c18-17(19,20)14-9-16(24)22-15(21-14)10-23-8-4-5-12(23)11-25-13-6-2-1-3-7-13/h1-3,6-7,9,12H,4-5,8,10-11H2,(H,21,22,24)/t12-/m0/s1. The van der Waals surface area contributed by atoms with Crippen LogP contribution in [0, 0.1) is 0 Å². The fourth-order valence-corrected chi connectivity index (χ4v) is 2.92. The van der Waals surface area contributed by atoms with Gasteiger partial charge in [-0.3, -0.25) is 9.69 Å². The Morgan fingerprint density at radius 2 is 2.04 bits per heavy atom. The van der Waals surface area contributed by atoms with Crippen LogP contribution in [0.5, 0.6) is 5.75 Å². The number of halogens is 3. The van der Waals surface area contributed by atoms with Gasteiger partial charge in [-0.2, -0.15) is 13.2 Å². The smallest absolute Gasteiger partial charge is 0.433 e. The van der Waals surface area contributed by atoms with Gasteiger partial charge in [-0.25, -0.2) is 4.98 Å². The van der Waals surface area contributed by atoms with Crippen LogP contribution in [-0.2, 0) is 12.7 Å². The first-order valence-corrected chi connectivity index (χ1v) is 8.01. The number of likely N-dealkylation sites (tertiary alicyclic amines) is 1. The molecule has 1 saturated heterocycles. The topological polar surface area (TPSA) is 58.2 Å². The minimum Gasteiger partial charge on any atom is -0.492 e. The number of benzene rings is 1. The predicted octanol–water partition coefficient (Wildman–Crippen LogP) is 2.83. The first kappa shape index (κ1) is 17.5. The Kier molecular flexibility index (Phi) is 5.08. The molecule has 2 aromatic rings. The van der Waals surface area contributed by atoms with E-state index in [1.165, 1.54) is 0 Å². The van der Waals surface area contributed by atoms with Gasteiger partial charge in [0, 0.05) is 12.1 Å². The lowest BCUT2D eigenvalue weighted by atomic mass is 10.2. The third-order valence-electron chi connectivity index (χ3n) is 4.12. The van der Waals surface area contributed by atoms with Crippen molar-refractivity contribution in [2.45, 2.75) is 31.6 Å². The number of hydrogen-bond acceptors (Lipinski definition) is 4. The van der Waals surface area contributed by atoms with E-state index in [1.807, 2.05) is 35.2 Å². The van der Waals surface area contributed by atoms with Crippen LogP contribution >= 0.6 is 0 Å². The highest BCUT2D eigenvalue weighted by Crippen LogP contribution is 2.27. The summed E-state index contributed by atoms with van der Waals surface area (Å²) < 4.78 is 44.1. The molecule has 25 heavy (non-hydrogen) atoms. The first-order valence-electron chi connectivity index (χ1n) is 8.01. The molecule has 0 bridgehead atoms. The molecular formula is C17H18F3N3O2. The molecule has 0 unspecified atom stereocenters. The largest absolute Gasteiger partial charge is 0.492 e. The molecule has 1 aromatic carbocycles. The molecule has 1 aliphatic rings. The number of ether oxygens (including phenoxy) is 1. The summed E-state index contributed by atoms with van der Waals surface area (Å²) in [5.74, 6) is 0.770. The maximum atomic E-state index is 12.8. The minimum absolute atomic E-state index is 0.0198. The summed E-state index contributed by atoms with van der Waals surface area (Å²) >= 11 is 0. The summed E-state index contributed by atoms with van der Waals surface area (Å²) in [5, 5.41) is 0. The lowest BCUT2D eigenvalue weighted by molar-refractivity contribution is -0.141. The molecule has 1 aliphatic heterocycles. The number of para-hydroxylation sites is 1. The van der Waals surface area contributed by atoms with E-state index in [0.29, 0.717) is 12.7 Å². The van der Waals surface area contributed by atoms with Crippen molar-refractivity contribution in [3.8, 4) is 5.75 Å². The zero-order chi connectivity index (χ0) is 17.9. The number of nitrogens with zero attached hydrogens (tertiary/aromatic N) is 2. The van der Waals surface area contributed by atoms with Crippen molar-refractivity contribution in [2.24, 2.45) is 0 Å². The maximum Gasteiger partial charge on any atom is 0.433 e. The molecule has 1 atom stereocenters. The van der Waals surface area contributed by atoms with Gasteiger partial charge in [-0.05, 0) is 31.5 Å². The van der Waals surface area contributed by atoms with E-state index in [0.717, 1.165) is 25.1 Å². The lowest BCUT2D eigenvalue weighted by Crippen LogP contribution is -2.35. The molecule has 3 rings (SSSR count). The van der Waals surface area contributed by atoms with Crippen LogP contribution in [0.1, 0.15) is 24.4 Å². The highest BCUT2D eigenvalue weighted by Gasteiger charge is 2.34. The van der Waals surface area contributed by atoms with E-state index in [-0.39, 0.29) is 18.4 Å². The Morgan fingerprint density at radius 1 is 1.28 bits per heavy atom. The number of hydrogen-bond donors (Lipinski definition) is 1. The molecule has 0 amide bonds. The molecule has 134 valence electrons. The molecule has 2 heterocycles. The molecule has 0 saturated carbocycles. The quantitative estimate of drug-likeness (QED) is 0.898. The SMILES string of the molecule is O=c1cc(C(F)(F)F)nc(CN2CCC[C@H]2COc2ccccc2)[nH]1. The lowest BCUT2D eigenvalue weighted by Gasteiger charge is -2.24. The van der Waals surface area contributed by atoms with Gasteiger partial charge in [-0.15, -0.1) is 0 Å². The number of aromatic nitrogens is 2. The summed E-state index contributed by atoms with van der Waals surface area (Å²) in [5.41, 5.74) is -1.96. The molecule has 5 nitrogen and oxygen atoms in total. The fraction of sp³-hybridized carbons (Fsp3) is 0.412. The van der Waals surface area contributed by atoms with Gasteiger partial charge < -0.3 is 9.72 Å². The Morgan fingerprint density at radius 3 is 2.76 bits per heavy atom. The van der Waals surface area contributed by atoms with Gasteiger partial charge in [0.05, 0.1) is 6.54 Å². The van der Waals surface area contributed by atoms with Crippen molar-refractivity contribution in [1.29, 1.82) is 0 Å². The summed E-state index contributed by atoms with van der Waals surface area (Å²) in [6.07, 6.45) is -2.83. The van der Waals surface area contributed by atoms with Crippen molar-refractivity contribution in [2.75, 3.05) is 13.2 Å². The normalized spacial score (nSPS) is 18.4. The van der Waals surface area contributed by atoms with E-state index in [2.05, 4.69) is 9.97 Å². The van der Waals surface area contributed by atoms with Crippen LogP contribution < -0.4 is 10.3 Å². The van der Waals surface area contributed by atoms with Gasteiger partial charge in [0.15, 0.2) is 5.69 Å². The summed E-state index contributed by atoms with van der Waals surface area (Å²) in [6.45, 7) is 1.32. The Balaban J connectivity index is 1.67. The van der Waals surface area contributed by atoms with Gasteiger partial charge in [0.25, 0.3) is 5.56 Å². The van der Waals surface area contributed by atoms with Crippen molar-refractivity contribution in [1.82, 2.24) is 14.9 Å². The monoisotopic (exact) mass is 353 g/mol. The van der Waals surface area contributed by atoms with E-state index in [9.17, 15) is 18.0 Å². The maximum absolute atomic E-state index is 12.8. The van der Waals surface area contributed by atoms with E-state index in [4.69, 9.17) is 4.74 Å². The average Bonchev–Trinajstić information content (AvgIpc) is 2.99. The van der Waals surface area contributed by atoms with Crippen LogP contribution in [0.4, 0.5) is 13.2 Å². The van der Waals surface area contributed by atoms with Crippen LogP contribution in [0.3, 0.4) is 0 Å². The zero-order valence-electron chi connectivity index (χ0n) is 13.4. The second-order valence-electron chi connectivity index (χ2n) is 5.97. The first-order chi connectivity index (χ1) is 11.9. The summed E-state index contributed by atoms with van der Waals surface area (Å²) in [4.78, 5) is 19.4. The van der Waals surface area contributed by atoms with Crippen LogP contribution in [-0.4, -0.2) is 34.1 Å². The number of rotatable bonds is 5. The third kappa shape index (κ3) is 4.60. The second kappa shape index (κ2) is 7.26. The van der Waals surface area contributed by atoms with E-state index in [1.54, 1.807) is 0 Å². The Hall–Kier alpha value is -2.35. The number of aromatic amines is 1. The average molecular weight is 353 g/mol. The van der Waals surface area contributed by atoms with Crippen molar-refractivity contribution < 1.29 is 17.9 Å². The van der Waals surface area contributed by atoms with Crippen LogP contribution in [0.25, 0.3) is 0 Å². The molecule has 1 fully saturated rings. The highest BCUT2D eigenvalue weighted by molar-refractivity contribution is 5.21. The molecule has 1 aromatic heterocycles. The Bertz CT molecular complexity index is 762. The highest BCUT2D eigenvalue weighted by atomic mass is 19.4. The fourth-order valence-electron chi connectivity index (χ4n) is 2.92. The number of alkyl halides is 3. The Labute approximate surface area is 142 Å². The van der Waals surface area contributed by atoms with E-state index >= 15 is 0 Å². The molecule has 8 heteroatoms. The van der Waals surface area contributed by atoms with Gasteiger partial charge in [-0.1, -0.05) is 18.2 Å². The predicted molar refractivity (Wildman–Crippen MR) is 85.2 cm³/mol. The van der Waals surface area contributed by atoms with Crippen molar-refractivity contribution >= 4 is 0 Å². The molecule has 0 spiro atoms. The van der Waals surface area contributed by atoms with Gasteiger partial charge in [0.1, 0.15) is 18.2 Å². The molecule has 1 N–H and O–H groups in total. The third-order valence-corrected chi connectivity index (χ3v) is 4.12. The van der Waals surface area contributed by atoms with Gasteiger partial charge in [0.2, 0.25) is 0 Å². The van der Waals surface area contributed by atoms with Crippen molar-refractivity contribution in [3.63, 3.8) is 0 Å². The minimum atomic E-state index is -4.64. The zero-order valence-corrected chi connectivity index (χ0v) is 13.4. The van der Waals surface area contributed by atoms with Crippen LogP contribution in [0.2, 0.25) is 0 Å².